The molecule has 19 heavy (non-hydrogen) atoms. The van der Waals surface area contributed by atoms with E-state index in [-0.39, 0.29) is 6.29 Å². The highest BCUT2D eigenvalue weighted by atomic mass is 16.7. The number of ether oxygens (including phenoxy) is 3. The molecule has 2 aliphatic rings. The van der Waals surface area contributed by atoms with Gasteiger partial charge >= 0.3 is 0 Å². The van der Waals surface area contributed by atoms with E-state index in [0.717, 1.165) is 25.4 Å². The van der Waals surface area contributed by atoms with Crippen LogP contribution in [0.5, 0.6) is 0 Å². The summed E-state index contributed by atoms with van der Waals surface area (Å²) in [6.07, 6.45) is 9.22. The van der Waals surface area contributed by atoms with Gasteiger partial charge < -0.3 is 19.5 Å². The average molecular weight is 271 g/mol. The van der Waals surface area contributed by atoms with Crippen molar-refractivity contribution in [2.75, 3.05) is 27.3 Å². The van der Waals surface area contributed by atoms with E-state index in [1.165, 1.54) is 38.5 Å². The van der Waals surface area contributed by atoms with Gasteiger partial charge in [-0.15, -0.1) is 0 Å². The Balaban J connectivity index is 1.64. The van der Waals surface area contributed by atoms with Crippen LogP contribution in [0.25, 0.3) is 0 Å². The topological polar surface area (TPSA) is 39.7 Å². The molecule has 1 saturated heterocycles. The lowest BCUT2D eigenvalue weighted by Crippen LogP contribution is -2.36. The molecule has 2 fully saturated rings. The van der Waals surface area contributed by atoms with Crippen molar-refractivity contribution < 1.29 is 14.2 Å². The Labute approximate surface area is 117 Å². The molecule has 1 aliphatic carbocycles. The summed E-state index contributed by atoms with van der Waals surface area (Å²) in [6, 6.07) is 0. The summed E-state index contributed by atoms with van der Waals surface area (Å²) in [6.45, 7) is 2.23. The molecule has 0 aromatic heterocycles. The molecule has 0 aromatic rings. The number of methoxy groups -OCH3 is 2. The minimum Gasteiger partial charge on any atom is -0.375 e. The van der Waals surface area contributed by atoms with E-state index < -0.39 is 0 Å². The van der Waals surface area contributed by atoms with E-state index in [1.54, 1.807) is 14.2 Å². The van der Waals surface area contributed by atoms with Crippen LogP contribution in [0.15, 0.2) is 0 Å². The third-order valence-corrected chi connectivity index (χ3v) is 4.52. The Bertz CT molecular complexity index is 232. The van der Waals surface area contributed by atoms with E-state index in [4.69, 9.17) is 14.2 Å². The van der Waals surface area contributed by atoms with Crippen LogP contribution in [0, 0.1) is 5.92 Å². The lowest BCUT2D eigenvalue weighted by atomic mass is 9.85. The van der Waals surface area contributed by atoms with E-state index in [2.05, 4.69) is 5.32 Å². The number of rotatable bonds is 6. The Morgan fingerprint density at radius 3 is 2.05 bits per heavy atom. The van der Waals surface area contributed by atoms with Crippen molar-refractivity contribution in [1.29, 1.82) is 0 Å². The molecule has 4 nitrogen and oxygen atoms in total. The van der Waals surface area contributed by atoms with E-state index >= 15 is 0 Å². The van der Waals surface area contributed by atoms with Gasteiger partial charge in [-0.05, 0) is 57.5 Å². The molecule has 0 aromatic carbocycles. The van der Waals surface area contributed by atoms with Crippen molar-refractivity contribution >= 4 is 0 Å². The van der Waals surface area contributed by atoms with Gasteiger partial charge in [0.25, 0.3) is 0 Å². The second kappa shape index (κ2) is 8.20. The minimum absolute atomic E-state index is 0.0353. The monoisotopic (exact) mass is 271 g/mol. The maximum Gasteiger partial charge on any atom is 0.157 e. The normalized spacial score (nSPS) is 29.8. The first-order valence-electron chi connectivity index (χ1n) is 7.73. The Kier molecular flexibility index (Phi) is 6.57. The summed E-state index contributed by atoms with van der Waals surface area (Å²) in [4.78, 5) is 0. The molecule has 1 aliphatic heterocycles. The zero-order chi connectivity index (χ0) is 13.5. The van der Waals surface area contributed by atoms with Crippen LogP contribution < -0.4 is 5.32 Å². The van der Waals surface area contributed by atoms with Gasteiger partial charge in [-0.25, -0.2) is 0 Å². The number of hydrogen-bond acceptors (Lipinski definition) is 4. The molecule has 0 unspecified atom stereocenters. The van der Waals surface area contributed by atoms with Crippen LogP contribution in [0.1, 0.15) is 44.9 Å². The maximum atomic E-state index is 6.24. The summed E-state index contributed by atoms with van der Waals surface area (Å²) in [5, 5.41) is 3.39. The number of hydrogen-bond donors (Lipinski definition) is 1. The van der Waals surface area contributed by atoms with Crippen molar-refractivity contribution in [2.24, 2.45) is 5.92 Å². The third-order valence-electron chi connectivity index (χ3n) is 4.52. The predicted molar refractivity (Wildman–Crippen MR) is 75.1 cm³/mol. The van der Waals surface area contributed by atoms with Gasteiger partial charge in [0.2, 0.25) is 0 Å². The lowest BCUT2D eigenvalue weighted by molar-refractivity contribution is -0.120. The highest BCUT2D eigenvalue weighted by Gasteiger charge is 2.26. The molecule has 0 atom stereocenters. The SMILES string of the molecule is COC(C[C@H]1CC[C@H](OC2CCNCC2)CC1)OC. The van der Waals surface area contributed by atoms with Gasteiger partial charge in [-0.3, -0.25) is 0 Å². The van der Waals surface area contributed by atoms with Crippen molar-refractivity contribution in [1.82, 2.24) is 5.32 Å². The van der Waals surface area contributed by atoms with Crippen molar-refractivity contribution in [3.8, 4) is 0 Å². The average Bonchev–Trinajstić information content (AvgIpc) is 2.47. The lowest BCUT2D eigenvalue weighted by Gasteiger charge is -2.33. The Morgan fingerprint density at radius 2 is 1.47 bits per heavy atom. The van der Waals surface area contributed by atoms with Gasteiger partial charge in [-0.1, -0.05) is 0 Å². The molecule has 1 saturated carbocycles. The first-order valence-corrected chi connectivity index (χ1v) is 7.73. The Morgan fingerprint density at radius 1 is 0.895 bits per heavy atom. The third kappa shape index (κ3) is 5.03. The summed E-state index contributed by atoms with van der Waals surface area (Å²) in [5.74, 6) is 0.734. The molecule has 1 N–H and O–H groups in total. The first-order chi connectivity index (χ1) is 9.31. The fourth-order valence-electron chi connectivity index (χ4n) is 3.27. The molecule has 0 radical (unpaired) electrons. The van der Waals surface area contributed by atoms with E-state index in [0.29, 0.717) is 12.2 Å². The summed E-state index contributed by atoms with van der Waals surface area (Å²) >= 11 is 0. The number of piperidine rings is 1. The molecular formula is C15H29NO3. The largest absolute Gasteiger partial charge is 0.375 e. The molecule has 0 amide bonds. The zero-order valence-electron chi connectivity index (χ0n) is 12.4. The molecule has 4 heteroatoms. The van der Waals surface area contributed by atoms with Crippen LogP contribution in [0.3, 0.4) is 0 Å². The maximum absolute atomic E-state index is 6.24. The summed E-state index contributed by atoms with van der Waals surface area (Å²) in [7, 11) is 3.44. The molecule has 0 spiro atoms. The van der Waals surface area contributed by atoms with Crippen LogP contribution in [0.2, 0.25) is 0 Å². The van der Waals surface area contributed by atoms with Crippen LogP contribution in [0.4, 0.5) is 0 Å². The van der Waals surface area contributed by atoms with Gasteiger partial charge in [-0.2, -0.15) is 0 Å². The summed E-state index contributed by atoms with van der Waals surface area (Å²) in [5.41, 5.74) is 0. The molecule has 112 valence electrons. The van der Waals surface area contributed by atoms with Gasteiger partial charge in [0.05, 0.1) is 12.2 Å². The van der Waals surface area contributed by atoms with Gasteiger partial charge in [0.1, 0.15) is 0 Å². The van der Waals surface area contributed by atoms with Crippen LogP contribution >= 0.6 is 0 Å². The quantitative estimate of drug-likeness (QED) is 0.753. The predicted octanol–water partition coefficient (Wildman–Crippen LogP) is 2.32. The molecular weight excluding hydrogens is 242 g/mol. The minimum atomic E-state index is -0.0353. The standard InChI is InChI=1S/C15H29NO3/c1-17-15(18-2)11-12-3-5-13(6-4-12)19-14-7-9-16-10-8-14/h12-16H,3-11H2,1-2H3/t12-,13-. The smallest absolute Gasteiger partial charge is 0.157 e. The zero-order valence-corrected chi connectivity index (χ0v) is 12.4. The summed E-state index contributed by atoms with van der Waals surface area (Å²) < 4.78 is 16.8. The Hall–Kier alpha value is -0.160. The highest BCUT2D eigenvalue weighted by Crippen LogP contribution is 2.31. The molecule has 0 bridgehead atoms. The van der Waals surface area contributed by atoms with Crippen LogP contribution in [-0.4, -0.2) is 45.8 Å². The van der Waals surface area contributed by atoms with Crippen molar-refractivity contribution in [2.45, 2.75) is 63.4 Å². The van der Waals surface area contributed by atoms with Gasteiger partial charge in [0, 0.05) is 20.6 Å². The number of nitrogens with one attached hydrogen (secondary N) is 1. The van der Waals surface area contributed by atoms with Crippen molar-refractivity contribution in [3.63, 3.8) is 0 Å². The van der Waals surface area contributed by atoms with E-state index in [1.807, 2.05) is 0 Å². The molecule has 1 heterocycles. The molecule has 2 rings (SSSR count). The second-order valence-electron chi connectivity index (χ2n) is 5.86. The second-order valence-corrected chi connectivity index (χ2v) is 5.86. The highest BCUT2D eigenvalue weighted by molar-refractivity contribution is 4.76. The van der Waals surface area contributed by atoms with Crippen LogP contribution in [-0.2, 0) is 14.2 Å². The fraction of sp³-hybridized carbons (Fsp3) is 1.00. The van der Waals surface area contributed by atoms with Crippen molar-refractivity contribution in [3.05, 3.63) is 0 Å². The first kappa shape index (κ1) is 15.2. The van der Waals surface area contributed by atoms with Gasteiger partial charge in [0.15, 0.2) is 6.29 Å². The fourth-order valence-corrected chi connectivity index (χ4v) is 3.27. The van der Waals surface area contributed by atoms with E-state index in [9.17, 15) is 0 Å².